The Labute approximate surface area is 106 Å². The van der Waals surface area contributed by atoms with E-state index in [0.29, 0.717) is 0 Å². The highest BCUT2D eigenvalue weighted by Gasteiger charge is 2.33. The molecule has 0 aromatic carbocycles. The number of carboxylic acids is 4. The molecule has 0 aliphatic rings. The molecule has 3 unspecified atom stereocenters. The highest BCUT2D eigenvalue weighted by molar-refractivity contribution is 5.85. The maximum absolute atomic E-state index is 10.3. The van der Waals surface area contributed by atoms with Gasteiger partial charge in [0.2, 0.25) is 0 Å². The number of aliphatic hydroxyl groups excluding tert-OH is 2. The molecular weight excluding hydrogens is 268 g/mol. The molecule has 0 saturated carbocycles. The van der Waals surface area contributed by atoms with Crippen molar-refractivity contribution in [2.75, 3.05) is 0 Å². The lowest BCUT2D eigenvalue weighted by Gasteiger charge is -2.12. The molecule has 0 spiro atoms. The first-order chi connectivity index (χ1) is 8.50. The average molecular weight is 282 g/mol. The van der Waals surface area contributed by atoms with Crippen molar-refractivity contribution < 1.29 is 49.8 Å². The van der Waals surface area contributed by atoms with E-state index in [4.69, 9.17) is 30.6 Å². The van der Waals surface area contributed by atoms with Crippen LogP contribution in [0.5, 0.6) is 0 Å². The lowest BCUT2D eigenvalue weighted by molar-refractivity contribution is -0.162. The number of rotatable bonds is 6. The fourth-order valence-electron chi connectivity index (χ4n) is 0.694. The molecule has 19 heavy (non-hydrogen) atoms. The molecule has 0 radical (unpaired) electrons. The van der Waals surface area contributed by atoms with Gasteiger partial charge in [-0.05, 0) is 6.92 Å². The van der Waals surface area contributed by atoms with Crippen LogP contribution in [0, 0.1) is 5.92 Å². The van der Waals surface area contributed by atoms with Gasteiger partial charge in [0, 0.05) is 0 Å². The molecule has 110 valence electrons. The monoisotopic (exact) mass is 282 g/mol. The molecule has 0 fully saturated rings. The normalized spacial score (nSPS) is 14.3. The van der Waals surface area contributed by atoms with E-state index >= 15 is 0 Å². The van der Waals surface area contributed by atoms with Crippen LogP contribution in [0.4, 0.5) is 0 Å². The Hall–Kier alpha value is -2.20. The Kier molecular flexibility index (Phi) is 8.90. The van der Waals surface area contributed by atoms with Crippen LogP contribution in [0.2, 0.25) is 0 Å². The Bertz CT molecular complexity index is 347. The van der Waals surface area contributed by atoms with Crippen LogP contribution in [0.15, 0.2) is 0 Å². The van der Waals surface area contributed by atoms with Crippen molar-refractivity contribution in [3.63, 3.8) is 0 Å². The molecular formula is C9H14O10. The minimum absolute atomic E-state index is 0.928. The maximum atomic E-state index is 10.3. The zero-order valence-corrected chi connectivity index (χ0v) is 9.76. The van der Waals surface area contributed by atoms with Crippen molar-refractivity contribution in [3.8, 4) is 0 Å². The summed E-state index contributed by atoms with van der Waals surface area (Å²) < 4.78 is 0. The van der Waals surface area contributed by atoms with E-state index < -0.39 is 48.4 Å². The first-order valence-corrected chi connectivity index (χ1v) is 4.77. The third-order valence-electron chi connectivity index (χ3n) is 1.70. The number of hydrogen-bond acceptors (Lipinski definition) is 6. The number of aliphatic carboxylic acids is 4. The smallest absolute Gasteiger partial charge is 0.333 e. The quantitative estimate of drug-likeness (QED) is 0.319. The van der Waals surface area contributed by atoms with Crippen molar-refractivity contribution >= 4 is 23.9 Å². The number of hydrogen-bond donors (Lipinski definition) is 6. The van der Waals surface area contributed by atoms with Gasteiger partial charge in [0.1, 0.15) is 12.0 Å². The molecule has 0 rings (SSSR count). The predicted octanol–water partition coefficient (Wildman–Crippen LogP) is -1.94. The van der Waals surface area contributed by atoms with Gasteiger partial charge in [-0.3, -0.25) is 9.59 Å². The highest BCUT2D eigenvalue weighted by Crippen LogP contribution is 2.09. The predicted molar refractivity (Wildman–Crippen MR) is 56.3 cm³/mol. The summed E-state index contributed by atoms with van der Waals surface area (Å²) >= 11 is 0. The second-order valence-corrected chi connectivity index (χ2v) is 3.34. The van der Waals surface area contributed by atoms with Gasteiger partial charge in [-0.15, -0.1) is 0 Å². The second kappa shape index (κ2) is 8.83. The third-order valence-corrected chi connectivity index (χ3v) is 1.70. The van der Waals surface area contributed by atoms with Gasteiger partial charge in [-0.1, -0.05) is 0 Å². The summed E-state index contributed by atoms with van der Waals surface area (Å²) in [7, 11) is 0. The van der Waals surface area contributed by atoms with E-state index in [9.17, 15) is 19.2 Å². The van der Waals surface area contributed by atoms with Gasteiger partial charge in [-0.2, -0.15) is 0 Å². The molecule has 10 heteroatoms. The van der Waals surface area contributed by atoms with Gasteiger partial charge < -0.3 is 30.6 Å². The molecule has 6 N–H and O–H groups in total. The Morgan fingerprint density at radius 1 is 0.842 bits per heavy atom. The van der Waals surface area contributed by atoms with E-state index in [1.807, 2.05) is 0 Å². The SMILES string of the molecule is CC(O)C(=O)O.O=C(O)CC(C(=O)O)C(O)C(=O)O. The zero-order valence-electron chi connectivity index (χ0n) is 9.76. The lowest BCUT2D eigenvalue weighted by Crippen LogP contribution is -2.36. The summed E-state index contributed by atoms with van der Waals surface area (Å²) in [5.41, 5.74) is 0. The first-order valence-electron chi connectivity index (χ1n) is 4.77. The summed E-state index contributed by atoms with van der Waals surface area (Å²) in [5.74, 6) is -7.90. The second-order valence-electron chi connectivity index (χ2n) is 3.34. The van der Waals surface area contributed by atoms with E-state index in [0.717, 1.165) is 0 Å². The van der Waals surface area contributed by atoms with Crippen LogP contribution in [-0.4, -0.2) is 66.7 Å². The fourth-order valence-corrected chi connectivity index (χ4v) is 0.694. The maximum Gasteiger partial charge on any atom is 0.333 e. The van der Waals surface area contributed by atoms with Gasteiger partial charge in [0.05, 0.1) is 6.42 Å². The molecule has 0 heterocycles. The van der Waals surface area contributed by atoms with Crippen molar-refractivity contribution in [1.82, 2.24) is 0 Å². The van der Waals surface area contributed by atoms with Crippen molar-refractivity contribution in [2.24, 2.45) is 5.92 Å². The highest BCUT2D eigenvalue weighted by atomic mass is 16.4. The summed E-state index contributed by atoms with van der Waals surface area (Å²) in [5, 5.41) is 49.3. The molecule has 0 aliphatic carbocycles. The van der Waals surface area contributed by atoms with Gasteiger partial charge in [0.15, 0.2) is 6.10 Å². The third kappa shape index (κ3) is 9.50. The van der Waals surface area contributed by atoms with E-state index in [1.165, 1.54) is 6.92 Å². The molecule has 0 bridgehead atoms. The Balaban J connectivity index is 0. The van der Waals surface area contributed by atoms with Crippen LogP contribution in [-0.2, 0) is 19.2 Å². The van der Waals surface area contributed by atoms with Crippen molar-refractivity contribution in [3.05, 3.63) is 0 Å². The van der Waals surface area contributed by atoms with Gasteiger partial charge in [-0.25, -0.2) is 9.59 Å². The number of carboxylic acid groups (broad SMARTS) is 4. The molecule has 10 nitrogen and oxygen atoms in total. The minimum atomic E-state index is -2.20. The topological polar surface area (TPSA) is 190 Å². The van der Waals surface area contributed by atoms with Crippen molar-refractivity contribution in [1.29, 1.82) is 0 Å². The van der Waals surface area contributed by atoms with Crippen LogP contribution < -0.4 is 0 Å². The Morgan fingerprint density at radius 3 is 1.37 bits per heavy atom. The lowest BCUT2D eigenvalue weighted by atomic mass is 9.99. The molecule has 0 aliphatic heterocycles. The summed E-state index contributed by atoms with van der Waals surface area (Å²) in [6, 6.07) is 0. The molecule has 0 amide bonds. The standard InChI is InChI=1S/C6H8O7.C3H6O3/c7-3(8)1-2(5(10)11)4(9)6(12)13;1-2(4)3(5)6/h2,4,9H,1H2,(H,7,8)(H,10,11)(H,12,13);2,4H,1H3,(H,5,6). The van der Waals surface area contributed by atoms with E-state index in [-0.39, 0.29) is 0 Å². The number of aliphatic hydroxyl groups is 2. The zero-order chi connectivity index (χ0) is 15.7. The summed E-state index contributed by atoms with van der Waals surface area (Å²) in [6.07, 6.45) is -4.36. The van der Waals surface area contributed by atoms with Gasteiger partial charge in [0.25, 0.3) is 0 Å². The number of carbonyl (C=O) groups is 4. The molecule has 0 aromatic rings. The van der Waals surface area contributed by atoms with Crippen LogP contribution in [0.1, 0.15) is 13.3 Å². The molecule has 0 saturated heterocycles. The van der Waals surface area contributed by atoms with Crippen LogP contribution in [0.3, 0.4) is 0 Å². The average Bonchev–Trinajstić information content (AvgIpc) is 2.24. The van der Waals surface area contributed by atoms with E-state index in [2.05, 4.69) is 0 Å². The molecule has 0 aromatic heterocycles. The van der Waals surface area contributed by atoms with Crippen LogP contribution in [0.25, 0.3) is 0 Å². The van der Waals surface area contributed by atoms with Gasteiger partial charge >= 0.3 is 23.9 Å². The first kappa shape index (κ1) is 19.1. The minimum Gasteiger partial charge on any atom is -0.481 e. The summed E-state index contributed by atoms with van der Waals surface area (Å²) in [6.45, 7) is 1.20. The largest absolute Gasteiger partial charge is 0.481 e. The Morgan fingerprint density at radius 2 is 1.21 bits per heavy atom. The van der Waals surface area contributed by atoms with Crippen molar-refractivity contribution in [2.45, 2.75) is 25.6 Å². The summed E-state index contributed by atoms with van der Waals surface area (Å²) in [4.78, 5) is 39.9. The van der Waals surface area contributed by atoms with Crippen LogP contribution >= 0.6 is 0 Å². The molecule has 3 atom stereocenters. The fraction of sp³-hybridized carbons (Fsp3) is 0.556. The van der Waals surface area contributed by atoms with E-state index in [1.54, 1.807) is 0 Å².